The zero-order valence-electron chi connectivity index (χ0n) is 16.2. The van der Waals surface area contributed by atoms with Crippen molar-refractivity contribution in [3.05, 3.63) is 54.1 Å². The van der Waals surface area contributed by atoms with Gasteiger partial charge in [-0.05, 0) is 48.7 Å². The number of hydrogen-bond acceptors (Lipinski definition) is 4. The highest BCUT2D eigenvalue weighted by Gasteiger charge is 2.16. The van der Waals surface area contributed by atoms with Crippen molar-refractivity contribution in [2.24, 2.45) is 5.73 Å². The maximum atomic E-state index is 12.1. The Balaban J connectivity index is 1.75. The summed E-state index contributed by atoms with van der Waals surface area (Å²) in [6.07, 6.45) is 0. The molecule has 0 saturated carbocycles. The van der Waals surface area contributed by atoms with Crippen LogP contribution < -0.4 is 10.6 Å². The molecule has 5 heteroatoms. The van der Waals surface area contributed by atoms with Crippen molar-refractivity contribution in [3.8, 4) is 11.1 Å². The Kier molecular flexibility index (Phi) is 6.48. The van der Waals surface area contributed by atoms with Crippen molar-refractivity contribution >= 4 is 11.6 Å². The Morgan fingerprint density at radius 3 is 2.44 bits per heavy atom. The molecule has 1 aliphatic heterocycles. The molecule has 2 aromatic rings. The molecule has 0 bridgehead atoms. The van der Waals surface area contributed by atoms with Gasteiger partial charge in [0.25, 0.3) is 0 Å². The maximum absolute atomic E-state index is 12.1. The van der Waals surface area contributed by atoms with E-state index in [-0.39, 0.29) is 18.5 Å². The van der Waals surface area contributed by atoms with E-state index in [1.54, 1.807) is 0 Å². The summed E-state index contributed by atoms with van der Waals surface area (Å²) < 4.78 is 5.42. The Morgan fingerprint density at radius 2 is 1.81 bits per heavy atom. The van der Waals surface area contributed by atoms with E-state index in [0.29, 0.717) is 6.54 Å². The van der Waals surface area contributed by atoms with Gasteiger partial charge in [0.15, 0.2) is 0 Å². The van der Waals surface area contributed by atoms with Crippen LogP contribution in [0, 0.1) is 0 Å². The van der Waals surface area contributed by atoms with E-state index < -0.39 is 0 Å². The molecule has 144 valence electrons. The van der Waals surface area contributed by atoms with Gasteiger partial charge in [0.05, 0.1) is 19.8 Å². The molecule has 5 nitrogen and oxygen atoms in total. The predicted octanol–water partition coefficient (Wildman–Crippen LogP) is 2.89. The minimum atomic E-state index is -0.0229. The molecule has 2 N–H and O–H groups in total. The van der Waals surface area contributed by atoms with Crippen LogP contribution in [0.15, 0.2) is 48.5 Å². The van der Waals surface area contributed by atoms with Gasteiger partial charge in [-0.25, -0.2) is 0 Å². The summed E-state index contributed by atoms with van der Waals surface area (Å²) in [5, 5.41) is 0. The molecule has 0 spiro atoms. The number of nitrogens with zero attached hydrogens (tertiary/aromatic N) is 2. The van der Waals surface area contributed by atoms with E-state index in [2.05, 4.69) is 47.4 Å². The molecule has 0 radical (unpaired) electrons. The van der Waals surface area contributed by atoms with Crippen molar-refractivity contribution in [2.45, 2.75) is 26.4 Å². The third kappa shape index (κ3) is 4.87. The topological polar surface area (TPSA) is 58.8 Å². The van der Waals surface area contributed by atoms with Crippen LogP contribution in [0.3, 0.4) is 0 Å². The highest BCUT2D eigenvalue weighted by atomic mass is 16.5. The number of hydrogen-bond donors (Lipinski definition) is 1. The number of morpholine rings is 1. The Labute approximate surface area is 161 Å². The van der Waals surface area contributed by atoms with Crippen LogP contribution in [0.4, 0.5) is 5.69 Å². The van der Waals surface area contributed by atoms with Crippen LogP contribution in [-0.2, 0) is 16.1 Å². The second kappa shape index (κ2) is 9.02. The average Bonchev–Trinajstić information content (AvgIpc) is 2.72. The molecule has 1 heterocycles. The predicted molar refractivity (Wildman–Crippen MR) is 110 cm³/mol. The number of rotatable bonds is 6. The molecule has 2 aromatic carbocycles. The number of benzene rings is 2. The molecule has 1 fully saturated rings. The van der Waals surface area contributed by atoms with Crippen LogP contribution in [0.2, 0.25) is 0 Å². The molecule has 1 saturated heterocycles. The van der Waals surface area contributed by atoms with E-state index in [4.69, 9.17) is 10.5 Å². The molecule has 0 atom stereocenters. The van der Waals surface area contributed by atoms with Gasteiger partial charge in [0.2, 0.25) is 5.91 Å². The van der Waals surface area contributed by atoms with Crippen molar-refractivity contribution in [1.82, 2.24) is 4.90 Å². The third-order valence-corrected chi connectivity index (χ3v) is 4.98. The van der Waals surface area contributed by atoms with Crippen molar-refractivity contribution in [3.63, 3.8) is 0 Å². The van der Waals surface area contributed by atoms with Crippen LogP contribution in [0.25, 0.3) is 11.1 Å². The highest BCUT2D eigenvalue weighted by molar-refractivity contribution is 5.78. The number of ether oxygens (including phenoxy) is 1. The van der Waals surface area contributed by atoms with E-state index in [1.807, 2.05) is 24.8 Å². The van der Waals surface area contributed by atoms with Gasteiger partial charge in [-0.1, -0.05) is 30.3 Å². The summed E-state index contributed by atoms with van der Waals surface area (Å²) in [5.41, 5.74) is 10.2. The lowest BCUT2D eigenvalue weighted by atomic mass is 10.0. The third-order valence-electron chi connectivity index (χ3n) is 4.98. The lowest BCUT2D eigenvalue weighted by Gasteiger charge is -2.29. The first-order valence-corrected chi connectivity index (χ1v) is 9.60. The summed E-state index contributed by atoms with van der Waals surface area (Å²) in [6, 6.07) is 17.2. The fraction of sp³-hybridized carbons (Fsp3) is 0.409. The Hall–Kier alpha value is -2.37. The molecule has 3 rings (SSSR count). The monoisotopic (exact) mass is 367 g/mol. The molecule has 0 aliphatic carbocycles. The fourth-order valence-electron chi connectivity index (χ4n) is 3.41. The SMILES string of the molecule is CC(C)N(Cc1cccc(-c2ccc(N3CCOCC3)cc2)c1)C(=O)CN. The number of carbonyl (C=O) groups is 1. The quantitative estimate of drug-likeness (QED) is 0.853. The molecule has 1 aliphatic rings. The first-order chi connectivity index (χ1) is 13.1. The largest absolute Gasteiger partial charge is 0.378 e. The van der Waals surface area contributed by atoms with Crippen molar-refractivity contribution in [1.29, 1.82) is 0 Å². The molecule has 0 unspecified atom stereocenters. The van der Waals surface area contributed by atoms with Gasteiger partial charge in [0, 0.05) is 31.4 Å². The number of nitrogens with two attached hydrogens (primary N) is 1. The van der Waals surface area contributed by atoms with Crippen molar-refractivity contribution < 1.29 is 9.53 Å². The minimum Gasteiger partial charge on any atom is -0.378 e. The molecule has 1 amide bonds. The number of anilines is 1. The van der Waals surface area contributed by atoms with E-state index in [1.165, 1.54) is 11.3 Å². The van der Waals surface area contributed by atoms with Gasteiger partial charge < -0.3 is 20.3 Å². The van der Waals surface area contributed by atoms with Crippen LogP contribution in [0.1, 0.15) is 19.4 Å². The van der Waals surface area contributed by atoms with Crippen LogP contribution in [0.5, 0.6) is 0 Å². The molecule has 0 aromatic heterocycles. The van der Waals surface area contributed by atoms with Crippen LogP contribution in [-0.4, -0.2) is 49.7 Å². The van der Waals surface area contributed by atoms with Gasteiger partial charge in [-0.15, -0.1) is 0 Å². The smallest absolute Gasteiger partial charge is 0.236 e. The zero-order chi connectivity index (χ0) is 19.2. The fourth-order valence-corrected chi connectivity index (χ4v) is 3.41. The summed E-state index contributed by atoms with van der Waals surface area (Å²) in [5.74, 6) is -0.0229. The normalized spacial score (nSPS) is 14.4. The van der Waals surface area contributed by atoms with Gasteiger partial charge >= 0.3 is 0 Å². The Morgan fingerprint density at radius 1 is 1.11 bits per heavy atom. The summed E-state index contributed by atoms with van der Waals surface area (Å²) in [7, 11) is 0. The van der Waals surface area contributed by atoms with Gasteiger partial charge in [-0.3, -0.25) is 4.79 Å². The van der Waals surface area contributed by atoms with Crippen molar-refractivity contribution in [2.75, 3.05) is 37.7 Å². The highest BCUT2D eigenvalue weighted by Crippen LogP contribution is 2.25. The standard InChI is InChI=1S/C22H29N3O2/c1-17(2)25(22(26)15-23)16-18-4-3-5-20(14-18)19-6-8-21(9-7-19)24-10-12-27-13-11-24/h3-9,14,17H,10-13,15-16,23H2,1-2H3. The van der Waals surface area contributed by atoms with E-state index in [0.717, 1.165) is 37.4 Å². The summed E-state index contributed by atoms with van der Waals surface area (Å²) >= 11 is 0. The molecular weight excluding hydrogens is 338 g/mol. The number of amides is 1. The molecule has 27 heavy (non-hydrogen) atoms. The minimum absolute atomic E-state index is 0.0229. The lowest BCUT2D eigenvalue weighted by molar-refractivity contribution is -0.132. The first kappa shape index (κ1) is 19.4. The van der Waals surface area contributed by atoms with Crippen LogP contribution >= 0.6 is 0 Å². The van der Waals surface area contributed by atoms with E-state index >= 15 is 0 Å². The second-order valence-corrected chi connectivity index (χ2v) is 7.17. The number of carbonyl (C=O) groups excluding carboxylic acids is 1. The first-order valence-electron chi connectivity index (χ1n) is 9.60. The van der Waals surface area contributed by atoms with Gasteiger partial charge in [0.1, 0.15) is 0 Å². The zero-order valence-corrected chi connectivity index (χ0v) is 16.2. The van der Waals surface area contributed by atoms with Gasteiger partial charge in [-0.2, -0.15) is 0 Å². The maximum Gasteiger partial charge on any atom is 0.236 e. The summed E-state index contributed by atoms with van der Waals surface area (Å²) in [4.78, 5) is 16.3. The molecular formula is C22H29N3O2. The average molecular weight is 367 g/mol. The lowest BCUT2D eigenvalue weighted by Crippen LogP contribution is -2.40. The Bertz CT molecular complexity index is 752. The summed E-state index contributed by atoms with van der Waals surface area (Å²) in [6.45, 7) is 8.11. The second-order valence-electron chi connectivity index (χ2n) is 7.17. The van der Waals surface area contributed by atoms with E-state index in [9.17, 15) is 4.79 Å².